The first kappa shape index (κ1) is 21.0. The maximum Gasteiger partial charge on any atom is 0.416 e. The van der Waals surface area contributed by atoms with Gasteiger partial charge in [0.1, 0.15) is 0 Å². The average Bonchev–Trinajstić information content (AvgIpc) is 2.58. The molecule has 11 heteroatoms. The van der Waals surface area contributed by atoms with Crippen LogP contribution in [0.25, 0.3) is 0 Å². The first-order valence-electron chi connectivity index (χ1n) is 7.35. The molecule has 0 bridgehead atoms. The lowest BCUT2D eigenvalue weighted by atomic mass is 10.1. The highest BCUT2D eigenvalue weighted by Gasteiger charge is 2.39. The largest absolute Gasteiger partial charge is 0.416 e. The summed E-state index contributed by atoms with van der Waals surface area (Å²) in [5.41, 5.74) is -3.50. The van der Waals surface area contributed by atoms with Crippen LogP contribution < -0.4 is 4.31 Å². The summed E-state index contributed by atoms with van der Waals surface area (Å²) in [7, 11) is -4.81. The highest BCUT2D eigenvalue weighted by molar-refractivity contribution is 7.92. The number of aliphatic hydroxyl groups excluding tert-OH is 1. The number of sulfonamides is 1. The van der Waals surface area contributed by atoms with Crippen molar-refractivity contribution in [1.29, 1.82) is 0 Å². The van der Waals surface area contributed by atoms with Crippen molar-refractivity contribution in [3.63, 3.8) is 0 Å². The van der Waals surface area contributed by atoms with Crippen LogP contribution in [-0.2, 0) is 22.4 Å². The Balaban J connectivity index is 2.69. The average molecular weight is 413 g/mol. The Hall–Kier alpha value is -2.27. The van der Waals surface area contributed by atoms with Gasteiger partial charge in [0.05, 0.1) is 34.9 Å². The van der Waals surface area contributed by atoms with E-state index < -0.39 is 51.5 Å². The number of nitrogens with zero attached hydrogens (tertiary/aromatic N) is 1. The highest BCUT2D eigenvalue weighted by atomic mass is 32.2. The molecule has 0 saturated heterocycles. The summed E-state index contributed by atoms with van der Waals surface area (Å²) in [6.45, 7) is -1.25. The van der Waals surface area contributed by atoms with E-state index in [4.69, 9.17) is 5.11 Å². The monoisotopic (exact) mass is 413 g/mol. The van der Waals surface area contributed by atoms with Gasteiger partial charge in [0, 0.05) is 0 Å². The highest BCUT2D eigenvalue weighted by Crippen LogP contribution is 2.38. The summed E-state index contributed by atoms with van der Waals surface area (Å²) in [6.07, 6.45) is -10.4. The molecular weight excluding hydrogens is 400 g/mol. The van der Waals surface area contributed by atoms with Gasteiger partial charge in [-0.2, -0.15) is 26.3 Å². The molecule has 0 aliphatic carbocycles. The normalized spacial score (nSPS) is 12.9. The lowest BCUT2D eigenvalue weighted by Crippen LogP contribution is -2.34. The fourth-order valence-corrected chi connectivity index (χ4v) is 3.80. The maximum absolute atomic E-state index is 13.0. The zero-order valence-corrected chi connectivity index (χ0v) is 14.2. The first-order chi connectivity index (χ1) is 12.4. The molecule has 2 aromatic carbocycles. The predicted molar refractivity (Wildman–Crippen MR) is 84.5 cm³/mol. The van der Waals surface area contributed by atoms with Crippen LogP contribution in [0.1, 0.15) is 11.1 Å². The van der Waals surface area contributed by atoms with Crippen molar-refractivity contribution in [1.82, 2.24) is 0 Å². The summed E-state index contributed by atoms with van der Waals surface area (Å²) in [6, 6.07) is 7.12. The maximum atomic E-state index is 13.0. The SMILES string of the molecule is O=S(=O)(c1cc(C(F)(F)F)cc(C(F)(F)F)c1)N(CCO)c1ccccc1. The molecule has 1 N–H and O–H groups in total. The molecule has 27 heavy (non-hydrogen) atoms. The van der Waals surface area contributed by atoms with E-state index in [0.717, 1.165) is 0 Å². The number of anilines is 1. The molecule has 0 saturated carbocycles. The van der Waals surface area contributed by atoms with E-state index in [1.807, 2.05) is 0 Å². The summed E-state index contributed by atoms with van der Waals surface area (Å²) in [4.78, 5) is -1.18. The van der Waals surface area contributed by atoms with E-state index in [1.54, 1.807) is 6.07 Å². The topological polar surface area (TPSA) is 57.6 Å². The molecule has 0 fully saturated rings. The Morgan fingerprint density at radius 2 is 1.33 bits per heavy atom. The van der Waals surface area contributed by atoms with Crippen molar-refractivity contribution in [2.24, 2.45) is 0 Å². The number of hydrogen-bond donors (Lipinski definition) is 1. The van der Waals surface area contributed by atoms with Crippen LogP contribution in [-0.4, -0.2) is 26.7 Å². The number of para-hydroxylation sites is 1. The van der Waals surface area contributed by atoms with Gasteiger partial charge >= 0.3 is 12.4 Å². The third-order valence-corrected chi connectivity index (χ3v) is 5.30. The van der Waals surface area contributed by atoms with Crippen molar-refractivity contribution < 1.29 is 39.9 Å². The van der Waals surface area contributed by atoms with Gasteiger partial charge in [-0.25, -0.2) is 8.42 Å². The summed E-state index contributed by atoms with van der Waals surface area (Å²) < 4.78 is 104. The molecule has 0 amide bonds. The molecule has 0 aliphatic heterocycles. The summed E-state index contributed by atoms with van der Waals surface area (Å²) in [5.74, 6) is 0. The summed E-state index contributed by atoms with van der Waals surface area (Å²) >= 11 is 0. The number of alkyl halides is 6. The minimum absolute atomic E-state index is 0.0162. The smallest absolute Gasteiger partial charge is 0.394 e. The van der Waals surface area contributed by atoms with E-state index >= 15 is 0 Å². The van der Waals surface area contributed by atoms with Crippen LogP contribution in [0.5, 0.6) is 0 Å². The van der Waals surface area contributed by atoms with E-state index in [0.29, 0.717) is 4.31 Å². The number of aliphatic hydroxyl groups is 1. The van der Waals surface area contributed by atoms with Crippen LogP contribution in [0.4, 0.5) is 32.0 Å². The predicted octanol–water partition coefficient (Wildman–Crippen LogP) is 3.91. The Labute approximate surface area is 150 Å². The number of benzene rings is 2. The van der Waals surface area contributed by atoms with Crippen LogP contribution in [0, 0.1) is 0 Å². The lowest BCUT2D eigenvalue weighted by molar-refractivity contribution is -0.143. The first-order valence-corrected chi connectivity index (χ1v) is 8.79. The molecule has 0 spiro atoms. The van der Waals surface area contributed by atoms with Crippen LogP contribution in [0.3, 0.4) is 0 Å². The number of halogens is 6. The van der Waals surface area contributed by atoms with Gasteiger partial charge < -0.3 is 5.11 Å². The van der Waals surface area contributed by atoms with Crippen LogP contribution in [0.15, 0.2) is 53.4 Å². The van der Waals surface area contributed by atoms with Gasteiger partial charge in [-0.3, -0.25) is 4.31 Å². The Morgan fingerprint density at radius 3 is 1.74 bits per heavy atom. The summed E-state index contributed by atoms with van der Waals surface area (Å²) in [5, 5.41) is 9.11. The standard InChI is InChI=1S/C16H13F6NO3S/c17-15(18,19)11-8-12(16(20,21)22)10-14(9-11)27(25,26)23(6-7-24)13-4-2-1-3-5-13/h1-5,8-10,24H,6-7H2. The minimum Gasteiger partial charge on any atom is -0.394 e. The third-order valence-electron chi connectivity index (χ3n) is 3.50. The Morgan fingerprint density at radius 1 is 0.852 bits per heavy atom. The van der Waals surface area contributed by atoms with Gasteiger partial charge in [0.2, 0.25) is 0 Å². The van der Waals surface area contributed by atoms with E-state index in [2.05, 4.69) is 0 Å². The fraction of sp³-hybridized carbons (Fsp3) is 0.250. The second-order valence-electron chi connectivity index (χ2n) is 5.38. The van der Waals surface area contributed by atoms with Crippen LogP contribution >= 0.6 is 0 Å². The second kappa shape index (κ2) is 7.39. The molecule has 0 atom stereocenters. The molecular formula is C16H13F6NO3S. The van der Waals surface area contributed by atoms with Crippen LogP contribution in [0.2, 0.25) is 0 Å². The molecule has 0 heterocycles. The molecule has 2 aromatic rings. The van der Waals surface area contributed by atoms with Gasteiger partial charge in [-0.15, -0.1) is 0 Å². The molecule has 2 rings (SSSR count). The van der Waals surface area contributed by atoms with E-state index in [9.17, 15) is 34.8 Å². The van der Waals surface area contributed by atoms with Crippen molar-refractivity contribution in [2.75, 3.05) is 17.5 Å². The number of hydrogen-bond acceptors (Lipinski definition) is 3. The lowest BCUT2D eigenvalue weighted by Gasteiger charge is -2.24. The second-order valence-corrected chi connectivity index (χ2v) is 7.24. The van der Waals surface area contributed by atoms with Gasteiger partial charge in [-0.1, -0.05) is 18.2 Å². The zero-order chi connectivity index (χ0) is 20.5. The van der Waals surface area contributed by atoms with E-state index in [1.165, 1.54) is 24.3 Å². The van der Waals surface area contributed by atoms with E-state index in [-0.39, 0.29) is 23.9 Å². The number of rotatable bonds is 5. The molecule has 0 aliphatic rings. The van der Waals surface area contributed by atoms with Crippen molar-refractivity contribution in [3.8, 4) is 0 Å². The van der Waals surface area contributed by atoms with Crippen molar-refractivity contribution >= 4 is 15.7 Å². The molecule has 0 radical (unpaired) electrons. The Bertz CT molecular complexity index is 862. The Kier molecular flexibility index (Phi) is 5.76. The van der Waals surface area contributed by atoms with Gasteiger partial charge in [-0.05, 0) is 30.3 Å². The molecule has 4 nitrogen and oxygen atoms in total. The molecule has 148 valence electrons. The molecule has 0 unspecified atom stereocenters. The van der Waals surface area contributed by atoms with Gasteiger partial charge in [0.25, 0.3) is 10.0 Å². The molecule has 0 aromatic heterocycles. The van der Waals surface area contributed by atoms with Gasteiger partial charge in [0.15, 0.2) is 0 Å². The zero-order valence-electron chi connectivity index (χ0n) is 13.4. The van der Waals surface area contributed by atoms with Crippen molar-refractivity contribution in [3.05, 3.63) is 59.7 Å². The fourth-order valence-electron chi connectivity index (χ4n) is 2.28. The minimum atomic E-state index is -5.18. The quantitative estimate of drug-likeness (QED) is 0.757. The van der Waals surface area contributed by atoms with Crippen molar-refractivity contribution in [2.45, 2.75) is 17.2 Å². The third kappa shape index (κ3) is 4.72.